The molecule has 3 aromatic rings. The third-order valence-corrected chi connectivity index (χ3v) is 4.41. The lowest BCUT2D eigenvalue weighted by Crippen LogP contribution is -2.35. The number of aryl methyl sites for hydroxylation is 2. The van der Waals surface area contributed by atoms with Gasteiger partial charge in [0.05, 0.1) is 0 Å². The van der Waals surface area contributed by atoms with Crippen molar-refractivity contribution in [2.45, 2.75) is 32.9 Å². The van der Waals surface area contributed by atoms with Crippen LogP contribution in [0, 0.1) is 13.8 Å². The summed E-state index contributed by atoms with van der Waals surface area (Å²) in [5, 5.41) is 26.3. The smallest absolute Gasteiger partial charge is 0.120 e. The Morgan fingerprint density at radius 2 is 1.88 bits per heavy atom. The van der Waals surface area contributed by atoms with Gasteiger partial charge < -0.3 is 19.9 Å². The number of phenols is 1. The number of rotatable bonds is 5. The Morgan fingerprint density at radius 3 is 2.58 bits per heavy atom. The molecule has 0 spiro atoms. The van der Waals surface area contributed by atoms with Gasteiger partial charge in [-0.2, -0.15) is 0 Å². The molecule has 1 aromatic heterocycles. The average molecular weight is 325 g/mol. The van der Waals surface area contributed by atoms with Crippen molar-refractivity contribution in [2.24, 2.45) is 0 Å². The number of nitrogens with one attached hydrogen (secondary N) is 1. The fourth-order valence-corrected chi connectivity index (χ4v) is 3.20. The predicted octanol–water partition coefficient (Wildman–Crippen LogP) is 3.75. The van der Waals surface area contributed by atoms with Crippen LogP contribution in [0.25, 0.3) is 10.8 Å². The van der Waals surface area contributed by atoms with Crippen molar-refractivity contribution >= 4 is 10.8 Å². The lowest BCUT2D eigenvalue weighted by Gasteiger charge is -2.23. The molecule has 1 heterocycles. The molecule has 0 saturated carbocycles. The predicted molar refractivity (Wildman–Crippen MR) is 95.1 cm³/mol. The Hall–Kier alpha value is -2.30. The molecule has 0 aliphatic rings. The van der Waals surface area contributed by atoms with Crippen LogP contribution in [-0.4, -0.2) is 16.8 Å². The first-order valence-electron chi connectivity index (χ1n) is 8.09. The molecular formula is C20H23NO3. The molecule has 0 saturated heterocycles. The highest BCUT2D eigenvalue weighted by atomic mass is 16.3. The zero-order chi connectivity index (χ0) is 17.3. The first-order valence-corrected chi connectivity index (χ1v) is 8.09. The molecule has 3 rings (SSSR count). The van der Waals surface area contributed by atoms with E-state index >= 15 is 0 Å². The largest absolute Gasteiger partial charge is 0.508 e. The number of phenolic OH excluding ortho intramolecular Hbond substituents is 1. The molecule has 0 amide bonds. The van der Waals surface area contributed by atoms with Crippen LogP contribution in [0.3, 0.4) is 0 Å². The second-order valence-electron chi connectivity index (χ2n) is 6.49. The van der Waals surface area contributed by atoms with Crippen LogP contribution in [0.4, 0.5) is 0 Å². The van der Waals surface area contributed by atoms with Gasteiger partial charge in [-0.15, -0.1) is 0 Å². The number of hydrogen-bond donors (Lipinski definition) is 3. The number of aromatic hydroxyl groups is 1. The van der Waals surface area contributed by atoms with Crippen LogP contribution in [-0.2, 0) is 12.1 Å². The van der Waals surface area contributed by atoms with Crippen LogP contribution in [0.5, 0.6) is 5.75 Å². The molecule has 4 heteroatoms. The summed E-state index contributed by atoms with van der Waals surface area (Å²) in [5.41, 5.74) is 0.584. The van der Waals surface area contributed by atoms with Gasteiger partial charge in [-0.05, 0) is 43.7 Å². The maximum absolute atomic E-state index is 10.8. The summed E-state index contributed by atoms with van der Waals surface area (Å²) >= 11 is 0. The highest BCUT2D eigenvalue weighted by Crippen LogP contribution is 2.29. The number of hydrogen-bond acceptors (Lipinski definition) is 4. The lowest BCUT2D eigenvalue weighted by atomic mass is 9.96. The molecule has 2 aromatic carbocycles. The maximum Gasteiger partial charge on any atom is 0.120 e. The molecule has 1 unspecified atom stereocenters. The number of benzene rings is 2. The standard InChI is InChI=1S/C20H23NO3/c1-13-10-18(14(2)24-13)20(3,23)12-21-11-17-16-7-5-4-6-15(16)8-9-19(17)22/h4-10,21-23H,11-12H2,1-3H3. The minimum Gasteiger partial charge on any atom is -0.508 e. The van der Waals surface area contributed by atoms with Crippen molar-refractivity contribution in [1.82, 2.24) is 5.32 Å². The van der Waals surface area contributed by atoms with E-state index in [-0.39, 0.29) is 5.75 Å². The van der Waals surface area contributed by atoms with E-state index in [1.54, 1.807) is 13.0 Å². The topological polar surface area (TPSA) is 65.6 Å². The number of fused-ring (bicyclic) bond motifs is 1. The van der Waals surface area contributed by atoms with Gasteiger partial charge in [-0.25, -0.2) is 0 Å². The molecule has 3 N–H and O–H groups in total. The zero-order valence-corrected chi connectivity index (χ0v) is 14.3. The highest BCUT2D eigenvalue weighted by Gasteiger charge is 2.27. The quantitative estimate of drug-likeness (QED) is 0.668. The van der Waals surface area contributed by atoms with E-state index in [2.05, 4.69) is 5.32 Å². The van der Waals surface area contributed by atoms with Crippen LogP contribution in [0.2, 0.25) is 0 Å². The summed E-state index contributed by atoms with van der Waals surface area (Å²) in [6, 6.07) is 13.4. The van der Waals surface area contributed by atoms with E-state index in [9.17, 15) is 10.2 Å². The van der Waals surface area contributed by atoms with Crippen molar-refractivity contribution in [3.05, 3.63) is 65.1 Å². The van der Waals surface area contributed by atoms with Crippen molar-refractivity contribution in [3.8, 4) is 5.75 Å². The first kappa shape index (κ1) is 16.6. The van der Waals surface area contributed by atoms with Crippen molar-refractivity contribution < 1.29 is 14.6 Å². The van der Waals surface area contributed by atoms with Crippen LogP contribution in [0.15, 0.2) is 46.9 Å². The summed E-state index contributed by atoms with van der Waals surface area (Å²) in [5.74, 6) is 1.78. The van der Waals surface area contributed by atoms with Crippen molar-refractivity contribution in [1.29, 1.82) is 0 Å². The summed E-state index contributed by atoms with van der Waals surface area (Å²) < 4.78 is 5.51. The normalized spacial score (nSPS) is 14.0. The van der Waals surface area contributed by atoms with E-state index in [0.717, 1.165) is 33.4 Å². The van der Waals surface area contributed by atoms with Gasteiger partial charge in [-0.3, -0.25) is 0 Å². The summed E-state index contributed by atoms with van der Waals surface area (Å²) in [7, 11) is 0. The van der Waals surface area contributed by atoms with Crippen molar-refractivity contribution in [2.75, 3.05) is 6.54 Å². The monoisotopic (exact) mass is 325 g/mol. The van der Waals surface area contributed by atoms with E-state index in [1.165, 1.54) is 0 Å². The maximum atomic E-state index is 10.8. The van der Waals surface area contributed by atoms with Gasteiger partial charge in [0.15, 0.2) is 0 Å². The van der Waals surface area contributed by atoms with Gasteiger partial charge in [0.1, 0.15) is 22.9 Å². The second kappa shape index (κ2) is 6.30. The Labute approximate surface area is 141 Å². The molecule has 126 valence electrons. The molecule has 0 aliphatic carbocycles. The molecule has 0 fully saturated rings. The highest BCUT2D eigenvalue weighted by molar-refractivity contribution is 5.87. The van der Waals surface area contributed by atoms with Gasteiger partial charge >= 0.3 is 0 Å². The summed E-state index contributed by atoms with van der Waals surface area (Å²) in [6.07, 6.45) is 0. The Morgan fingerprint density at radius 1 is 1.12 bits per heavy atom. The Bertz CT molecular complexity index is 864. The van der Waals surface area contributed by atoms with E-state index < -0.39 is 5.60 Å². The number of aliphatic hydroxyl groups is 1. The van der Waals surface area contributed by atoms with Crippen molar-refractivity contribution in [3.63, 3.8) is 0 Å². The molecule has 0 aliphatic heterocycles. The molecule has 24 heavy (non-hydrogen) atoms. The minimum atomic E-state index is -1.04. The fourth-order valence-electron chi connectivity index (χ4n) is 3.20. The average Bonchev–Trinajstić information content (AvgIpc) is 2.89. The van der Waals surface area contributed by atoms with E-state index in [4.69, 9.17) is 4.42 Å². The summed E-state index contributed by atoms with van der Waals surface area (Å²) in [6.45, 7) is 6.32. The van der Waals surface area contributed by atoms with Crippen LogP contribution >= 0.6 is 0 Å². The van der Waals surface area contributed by atoms with E-state index in [0.29, 0.717) is 13.1 Å². The lowest BCUT2D eigenvalue weighted by molar-refractivity contribution is 0.0551. The second-order valence-corrected chi connectivity index (χ2v) is 6.49. The van der Waals surface area contributed by atoms with Gasteiger partial charge in [0, 0.05) is 24.2 Å². The molecule has 0 radical (unpaired) electrons. The fraction of sp³-hybridized carbons (Fsp3) is 0.300. The zero-order valence-electron chi connectivity index (χ0n) is 14.3. The molecule has 1 atom stereocenters. The minimum absolute atomic E-state index is 0.260. The third kappa shape index (κ3) is 3.16. The molecule has 0 bridgehead atoms. The van der Waals surface area contributed by atoms with E-state index in [1.807, 2.05) is 50.2 Å². The Balaban J connectivity index is 1.77. The first-order chi connectivity index (χ1) is 11.4. The SMILES string of the molecule is Cc1cc(C(C)(O)CNCc2c(O)ccc3ccccc23)c(C)o1. The summed E-state index contributed by atoms with van der Waals surface area (Å²) in [4.78, 5) is 0. The molecular weight excluding hydrogens is 302 g/mol. The van der Waals surface area contributed by atoms with Crippen LogP contribution in [0.1, 0.15) is 29.6 Å². The van der Waals surface area contributed by atoms with Gasteiger partial charge in [0.2, 0.25) is 0 Å². The Kier molecular flexibility index (Phi) is 4.35. The van der Waals surface area contributed by atoms with Gasteiger partial charge in [0.25, 0.3) is 0 Å². The third-order valence-electron chi connectivity index (χ3n) is 4.41. The van der Waals surface area contributed by atoms with Crippen LogP contribution < -0.4 is 5.32 Å². The van der Waals surface area contributed by atoms with Gasteiger partial charge in [-0.1, -0.05) is 30.3 Å². The molecule has 4 nitrogen and oxygen atoms in total. The number of furan rings is 1.